The van der Waals surface area contributed by atoms with Crippen molar-refractivity contribution >= 4 is 27.5 Å². The Hall–Kier alpha value is -2.12. The van der Waals surface area contributed by atoms with Gasteiger partial charge in [0.25, 0.3) is 5.91 Å². The van der Waals surface area contributed by atoms with E-state index in [2.05, 4.69) is 21.2 Å². The smallest absolute Gasteiger partial charge is 0.255 e. The molecule has 0 heterocycles. The van der Waals surface area contributed by atoms with E-state index < -0.39 is 0 Å². The highest BCUT2D eigenvalue weighted by atomic mass is 79.9. The predicted octanol–water partition coefficient (Wildman–Crippen LogP) is 3.88. The van der Waals surface area contributed by atoms with Crippen LogP contribution in [0.3, 0.4) is 0 Å². The van der Waals surface area contributed by atoms with Crippen LogP contribution in [-0.4, -0.2) is 5.91 Å². The maximum Gasteiger partial charge on any atom is 0.255 e. The average molecular weight is 315 g/mol. The van der Waals surface area contributed by atoms with E-state index in [1.165, 1.54) is 0 Å². The van der Waals surface area contributed by atoms with E-state index >= 15 is 0 Å². The molecule has 0 aliphatic heterocycles. The predicted molar refractivity (Wildman–Crippen MR) is 78.0 cm³/mol. The van der Waals surface area contributed by atoms with Crippen molar-refractivity contribution in [1.82, 2.24) is 0 Å². The highest BCUT2D eigenvalue weighted by Gasteiger charge is 2.09. The quantitative estimate of drug-likeness (QED) is 0.914. The third kappa shape index (κ3) is 3.21. The van der Waals surface area contributed by atoms with Gasteiger partial charge < -0.3 is 5.32 Å². The number of amides is 1. The van der Waals surface area contributed by atoms with Crippen molar-refractivity contribution in [3.05, 3.63) is 63.6 Å². The van der Waals surface area contributed by atoms with E-state index in [1.54, 1.807) is 24.3 Å². The molecule has 0 aliphatic rings. The van der Waals surface area contributed by atoms with Crippen LogP contribution in [-0.2, 0) is 0 Å². The largest absolute Gasteiger partial charge is 0.321 e. The van der Waals surface area contributed by atoms with Gasteiger partial charge in [-0.1, -0.05) is 12.1 Å². The van der Waals surface area contributed by atoms with Gasteiger partial charge in [0, 0.05) is 10.0 Å². The number of aryl methyl sites for hydroxylation is 1. The van der Waals surface area contributed by atoms with E-state index in [9.17, 15) is 4.79 Å². The van der Waals surface area contributed by atoms with Gasteiger partial charge in [-0.05, 0) is 58.7 Å². The molecule has 19 heavy (non-hydrogen) atoms. The Balaban J connectivity index is 2.26. The molecule has 0 fully saturated rings. The van der Waals surface area contributed by atoms with Gasteiger partial charge in [0.05, 0.1) is 17.3 Å². The van der Waals surface area contributed by atoms with Crippen LogP contribution < -0.4 is 5.32 Å². The fourth-order valence-corrected chi connectivity index (χ4v) is 2.01. The molecule has 0 spiro atoms. The first kappa shape index (κ1) is 13.3. The lowest BCUT2D eigenvalue weighted by Gasteiger charge is -2.08. The first-order chi connectivity index (χ1) is 9.10. The van der Waals surface area contributed by atoms with Crippen LogP contribution in [0.2, 0.25) is 0 Å². The minimum absolute atomic E-state index is 0.233. The van der Waals surface area contributed by atoms with E-state index in [4.69, 9.17) is 5.26 Å². The molecule has 2 aromatic rings. The van der Waals surface area contributed by atoms with Crippen molar-refractivity contribution in [3.8, 4) is 6.07 Å². The zero-order chi connectivity index (χ0) is 13.8. The van der Waals surface area contributed by atoms with Crippen LogP contribution in [0, 0.1) is 18.3 Å². The van der Waals surface area contributed by atoms with Crippen molar-refractivity contribution in [2.45, 2.75) is 6.92 Å². The normalized spacial score (nSPS) is 9.74. The van der Waals surface area contributed by atoms with E-state index in [-0.39, 0.29) is 5.91 Å². The fraction of sp³-hybridized carbons (Fsp3) is 0.0667. The Labute approximate surface area is 120 Å². The summed E-state index contributed by atoms with van der Waals surface area (Å²) in [5.74, 6) is -0.233. The summed E-state index contributed by atoms with van der Waals surface area (Å²) in [4.78, 5) is 12.1. The molecular formula is C15H11BrN2O. The number of carbonyl (C=O) groups excluding carboxylic acids is 1. The third-order valence-electron chi connectivity index (χ3n) is 2.62. The molecule has 0 saturated heterocycles. The molecule has 0 aliphatic carbocycles. The molecule has 0 unspecified atom stereocenters. The number of nitriles is 1. The highest BCUT2D eigenvalue weighted by molar-refractivity contribution is 9.10. The first-order valence-corrected chi connectivity index (χ1v) is 6.47. The summed E-state index contributed by atoms with van der Waals surface area (Å²) in [6.07, 6.45) is 0. The second-order valence-corrected chi connectivity index (χ2v) is 4.98. The van der Waals surface area contributed by atoms with Crippen LogP contribution in [0.4, 0.5) is 5.69 Å². The number of hydrogen-bond acceptors (Lipinski definition) is 2. The lowest BCUT2D eigenvalue weighted by atomic mass is 10.1. The summed E-state index contributed by atoms with van der Waals surface area (Å²) in [7, 11) is 0. The van der Waals surface area contributed by atoms with Gasteiger partial charge in [0.2, 0.25) is 0 Å². The molecule has 4 heteroatoms. The molecule has 0 atom stereocenters. The third-order valence-corrected chi connectivity index (χ3v) is 3.32. The second kappa shape index (κ2) is 5.68. The molecule has 1 N–H and O–H groups in total. The molecular weight excluding hydrogens is 304 g/mol. The number of hydrogen-bond donors (Lipinski definition) is 1. The molecule has 0 aromatic heterocycles. The number of benzene rings is 2. The van der Waals surface area contributed by atoms with E-state index in [0.29, 0.717) is 16.8 Å². The summed E-state index contributed by atoms with van der Waals surface area (Å²) < 4.78 is 0.822. The SMILES string of the molecule is Cc1ccc(Br)c(NC(=O)c2cccc(C#N)c2)c1. The van der Waals surface area contributed by atoms with Crippen LogP contribution in [0.1, 0.15) is 21.5 Å². The van der Waals surface area contributed by atoms with Gasteiger partial charge in [-0.3, -0.25) is 4.79 Å². The Morgan fingerprint density at radius 3 is 2.79 bits per heavy atom. The molecule has 1 amide bonds. The molecule has 3 nitrogen and oxygen atoms in total. The summed E-state index contributed by atoms with van der Waals surface area (Å²) in [5, 5.41) is 11.6. The van der Waals surface area contributed by atoms with Crippen molar-refractivity contribution in [2.75, 3.05) is 5.32 Å². The first-order valence-electron chi connectivity index (χ1n) is 5.68. The zero-order valence-electron chi connectivity index (χ0n) is 10.3. The maximum absolute atomic E-state index is 12.1. The Morgan fingerprint density at radius 2 is 2.05 bits per heavy atom. The zero-order valence-corrected chi connectivity index (χ0v) is 11.9. The summed E-state index contributed by atoms with van der Waals surface area (Å²) >= 11 is 3.39. The number of carbonyl (C=O) groups is 1. The maximum atomic E-state index is 12.1. The molecule has 0 saturated carbocycles. The van der Waals surface area contributed by atoms with Crippen molar-refractivity contribution in [2.24, 2.45) is 0 Å². The van der Waals surface area contributed by atoms with Gasteiger partial charge in [-0.15, -0.1) is 0 Å². The highest BCUT2D eigenvalue weighted by Crippen LogP contribution is 2.24. The van der Waals surface area contributed by atoms with Gasteiger partial charge in [0.15, 0.2) is 0 Å². The molecule has 94 valence electrons. The van der Waals surface area contributed by atoms with Gasteiger partial charge >= 0.3 is 0 Å². The second-order valence-electron chi connectivity index (χ2n) is 4.13. The van der Waals surface area contributed by atoms with Crippen LogP contribution >= 0.6 is 15.9 Å². The number of anilines is 1. The minimum Gasteiger partial charge on any atom is -0.321 e. The molecule has 2 aromatic carbocycles. The van der Waals surface area contributed by atoms with E-state index in [1.807, 2.05) is 31.2 Å². The van der Waals surface area contributed by atoms with Crippen molar-refractivity contribution in [1.29, 1.82) is 5.26 Å². The summed E-state index contributed by atoms with van der Waals surface area (Å²) in [5.41, 5.74) is 2.71. The molecule has 0 bridgehead atoms. The van der Waals surface area contributed by atoms with Crippen molar-refractivity contribution in [3.63, 3.8) is 0 Å². The standard InChI is InChI=1S/C15H11BrN2O/c1-10-5-6-13(16)14(7-10)18-15(19)12-4-2-3-11(8-12)9-17/h2-8H,1H3,(H,18,19). The summed E-state index contributed by atoms with van der Waals surface area (Å²) in [6, 6.07) is 14.4. The fourth-order valence-electron chi connectivity index (χ4n) is 1.66. The Bertz CT molecular complexity index is 674. The number of nitrogens with zero attached hydrogens (tertiary/aromatic N) is 1. The summed E-state index contributed by atoms with van der Waals surface area (Å²) in [6.45, 7) is 1.96. The molecule has 0 radical (unpaired) electrons. The van der Waals surface area contributed by atoms with Crippen molar-refractivity contribution < 1.29 is 4.79 Å². The lowest BCUT2D eigenvalue weighted by Crippen LogP contribution is -2.12. The van der Waals surface area contributed by atoms with Gasteiger partial charge in [-0.25, -0.2) is 0 Å². The number of halogens is 1. The molecule has 2 rings (SSSR count). The lowest BCUT2D eigenvalue weighted by molar-refractivity contribution is 0.102. The van der Waals surface area contributed by atoms with E-state index in [0.717, 1.165) is 10.0 Å². The van der Waals surface area contributed by atoms with Crippen LogP contribution in [0.5, 0.6) is 0 Å². The Kier molecular flexibility index (Phi) is 3.98. The number of rotatable bonds is 2. The van der Waals surface area contributed by atoms with Crippen LogP contribution in [0.25, 0.3) is 0 Å². The Morgan fingerprint density at radius 1 is 1.26 bits per heavy atom. The topological polar surface area (TPSA) is 52.9 Å². The monoisotopic (exact) mass is 314 g/mol. The van der Waals surface area contributed by atoms with Gasteiger partial charge in [0.1, 0.15) is 0 Å². The average Bonchev–Trinajstić information content (AvgIpc) is 2.43. The number of nitrogens with one attached hydrogen (secondary N) is 1. The van der Waals surface area contributed by atoms with Crippen LogP contribution in [0.15, 0.2) is 46.9 Å². The minimum atomic E-state index is -0.233. The van der Waals surface area contributed by atoms with Gasteiger partial charge in [-0.2, -0.15) is 5.26 Å².